The van der Waals surface area contributed by atoms with Crippen LogP contribution in [0.2, 0.25) is 0 Å². The van der Waals surface area contributed by atoms with Crippen LogP contribution in [-0.2, 0) is 9.59 Å². The van der Waals surface area contributed by atoms with Gasteiger partial charge in [0.2, 0.25) is 0 Å². The van der Waals surface area contributed by atoms with E-state index in [1.807, 2.05) is 49.5 Å². The van der Waals surface area contributed by atoms with Gasteiger partial charge in [-0.15, -0.1) is 11.3 Å². The Hall–Kier alpha value is -3.67. The fourth-order valence-electron chi connectivity index (χ4n) is 2.72. The normalized spacial score (nSPS) is 11.4. The van der Waals surface area contributed by atoms with Crippen molar-refractivity contribution in [2.75, 3.05) is 13.6 Å². The zero-order valence-electron chi connectivity index (χ0n) is 16.8. The first-order chi connectivity index (χ1) is 14.9. The molecule has 8 heteroatoms. The second kappa shape index (κ2) is 12.1. The summed E-state index contributed by atoms with van der Waals surface area (Å²) in [5.41, 5.74) is 1.16. The maximum atomic E-state index is 9.55. The van der Waals surface area contributed by atoms with Crippen LogP contribution in [0.3, 0.4) is 0 Å². The molecule has 1 atom stereocenters. The summed E-state index contributed by atoms with van der Waals surface area (Å²) in [6.07, 6.45) is 1.98. The van der Waals surface area contributed by atoms with Crippen molar-refractivity contribution in [3.8, 4) is 11.8 Å². The van der Waals surface area contributed by atoms with Crippen LogP contribution in [0.15, 0.2) is 66.7 Å². The summed E-state index contributed by atoms with van der Waals surface area (Å²) >= 11 is 1.50. The Bertz CT molecular complexity index is 1070. The van der Waals surface area contributed by atoms with Crippen LogP contribution < -0.4 is 10.1 Å². The maximum Gasteiger partial charge on any atom is 0.328 e. The number of nitriles is 1. The van der Waals surface area contributed by atoms with Gasteiger partial charge in [-0.05, 0) is 37.4 Å². The molecule has 1 aromatic heterocycles. The Morgan fingerprint density at radius 2 is 1.81 bits per heavy atom. The van der Waals surface area contributed by atoms with Crippen LogP contribution >= 0.6 is 11.3 Å². The number of aliphatic carboxylic acids is 2. The van der Waals surface area contributed by atoms with E-state index < -0.39 is 11.9 Å². The summed E-state index contributed by atoms with van der Waals surface area (Å²) < 4.78 is 7.41. The Morgan fingerprint density at radius 3 is 2.39 bits per heavy atom. The number of rotatable bonds is 8. The molecule has 0 fully saturated rings. The summed E-state index contributed by atoms with van der Waals surface area (Å²) in [5, 5.41) is 28.9. The van der Waals surface area contributed by atoms with Crippen molar-refractivity contribution < 1.29 is 24.5 Å². The Balaban J connectivity index is 0.000000366. The van der Waals surface area contributed by atoms with Gasteiger partial charge in [0.15, 0.2) is 0 Å². The van der Waals surface area contributed by atoms with Crippen LogP contribution in [0.5, 0.6) is 5.75 Å². The molecule has 0 bridgehead atoms. The molecule has 3 N–H and O–H groups in total. The summed E-state index contributed by atoms with van der Waals surface area (Å²) in [6.45, 7) is 0.878. The first kappa shape index (κ1) is 23.6. The van der Waals surface area contributed by atoms with Gasteiger partial charge in [-0.1, -0.05) is 36.4 Å². The molecular weight excluding hydrogens is 416 g/mol. The Morgan fingerprint density at radius 1 is 1.13 bits per heavy atom. The number of hydrogen-bond acceptors (Lipinski definition) is 6. The number of thiophene rings is 1. The fourth-order valence-corrected chi connectivity index (χ4v) is 3.60. The molecule has 0 radical (unpaired) electrons. The van der Waals surface area contributed by atoms with Gasteiger partial charge >= 0.3 is 11.9 Å². The van der Waals surface area contributed by atoms with Gasteiger partial charge in [0.05, 0.1) is 0 Å². The van der Waals surface area contributed by atoms with E-state index in [9.17, 15) is 9.59 Å². The van der Waals surface area contributed by atoms with Gasteiger partial charge in [-0.3, -0.25) is 0 Å². The van der Waals surface area contributed by atoms with Gasteiger partial charge in [0.25, 0.3) is 0 Å². The highest BCUT2D eigenvalue weighted by Gasteiger charge is 2.15. The van der Waals surface area contributed by atoms with Crippen molar-refractivity contribution in [3.63, 3.8) is 0 Å². The smallest absolute Gasteiger partial charge is 0.328 e. The number of nitrogens with one attached hydrogen (secondary N) is 1. The third-order valence-electron chi connectivity index (χ3n) is 4.10. The molecule has 0 spiro atoms. The second-order valence-electron chi connectivity index (χ2n) is 6.31. The van der Waals surface area contributed by atoms with E-state index in [-0.39, 0.29) is 6.10 Å². The lowest BCUT2D eigenvalue weighted by molar-refractivity contribution is -0.134. The van der Waals surface area contributed by atoms with E-state index >= 15 is 0 Å². The molecule has 3 aromatic rings. The standard InChI is InChI=1S/C19H18N2OS.C4H4O4/c1-21-11-10-17(14-6-3-2-4-7-14)22-18-8-5-9-19-16(18)12-15(13-20)23-19;5-3(6)1-2-4(7)8/h2-9,12,17,21H,10-11H2,1H3;1-2H,(H,5,6)(H,7,8)/t17-;/m1./s1. The maximum absolute atomic E-state index is 9.55. The highest BCUT2D eigenvalue weighted by molar-refractivity contribution is 7.19. The van der Waals surface area contributed by atoms with E-state index in [1.165, 1.54) is 11.3 Å². The molecule has 0 saturated carbocycles. The third-order valence-corrected chi connectivity index (χ3v) is 5.10. The van der Waals surface area contributed by atoms with Gasteiger partial charge < -0.3 is 20.3 Å². The predicted molar refractivity (Wildman–Crippen MR) is 119 cm³/mol. The van der Waals surface area contributed by atoms with Crippen LogP contribution in [0, 0.1) is 11.3 Å². The zero-order chi connectivity index (χ0) is 22.6. The van der Waals surface area contributed by atoms with Crippen molar-refractivity contribution >= 4 is 33.4 Å². The highest BCUT2D eigenvalue weighted by Crippen LogP contribution is 2.35. The molecule has 31 heavy (non-hydrogen) atoms. The number of fused-ring (bicyclic) bond motifs is 1. The average Bonchev–Trinajstić information content (AvgIpc) is 3.20. The fraction of sp³-hybridized carbons (Fsp3) is 0.174. The molecule has 0 unspecified atom stereocenters. The summed E-state index contributed by atoms with van der Waals surface area (Å²) in [6, 6.07) is 20.4. The lowest BCUT2D eigenvalue weighted by Crippen LogP contribution is -2.16. The van der Waals surface area contributed by atoms with E-state index in [2.05, 4.69) is 23.5 Å². The second-order valence-corrected chi connectivity index (χ2v) is 7.39. The molecule has 0 aliphatic carbocycles. The Labute approximate surface area is 183 Å². The first-order valence-corrected chi connectivity index (χ1v) is 10.2. The molecule has 0 aliphatic rings. The van der Waals surface area contributed by atoms with Crippen molar-refractivity contribution in [3.05, 3.63) is 77.2 Å². The Kier molecular flexibility index (Phi) is 9.23. The van der Waals surface area contributed by atoms with Gasteiger partial charge in [-0.25, -0.2) is 9.59 Å². The number of nitrogens with zero attached hydrogens (tertiary/aromatic N) is 1. The van der Waals surface area contributed by atoms with Crippen LogP contribution in [0.1, 0.15) is 23.0 Å². The van der Waals surface area contributed by atoms with E-state index in [4.69, 9.17) is 20.2 Å². The van der Waals surface area contributed by atoms with Gasteiger partial charge in [-0.2, -0.15) is 5.26 Å². The number of hydrogen-bond donors (Lipinski definition) is 3. The first-order valence-electron chi connectivity index (χ1n) is 9.37. The summed E-state index contributed by atoms with van der Waals surface area (Å²) in [7, 11) is 1.95. The van der Waals surface area contributed by atoms with Crippen molar-refractivity contribution in [2.24, 2.45) is 0 Å². The van der Waals surface area contributed by atoms with Crippen LogP contribution in [0.25, 0.3) is 10.1 Å². The average molecular weight is 439 g/mol. The molecule has 7 nitrogen and oxygen atoms in total. The minimum atomic E-state index is -1.26. The van der Waals surface area contributed by atoms with Crippen molar-refractivity contribution in [1.82, 2.24) is 5.32 Å². The highest BCUT2D eigenvalue weighted by atomic mass is 32.1. The molecule has 0 saturated heterocycles. The van der Waals surface area contributed by atoms with Crippen molar-refractivity contribution in [1.29, 1.82) is 5.26 Å². The quantitative estimate of drug-likeness (QED) is 0.451. The minimum absolute atomic E-state index is 0.0142. The third kappa shape index (κ3) is 7.59. The summed E-state index contributed by atoms with van der Waals surface area (Å²) in [4.78, 5) is 19.8. The number of benzene rings is 2. The lowest BCUT2D eigenvalue weighted by atomic mass is 10.1. The molecule has 0 amide bonds. The number of carboxylic acids is 2. The zero-order valence-corrected chi connectivity index (χ0v) is 17.6. The largest absolute Gasteiger partial charge is 0.485 e. The van der Waals surface area contributed by atoms with Crippen LogP contribution in [0.4, 0.5) is 0 Å². The predicted octanol–water partition coefficient (Wildman–Crippen LogP) is 4.21. The number of ether oxygens (including phenoxy) is 1. The lowest BCUT2D eigenvalue weighted by Gasteiger charge is -2.20. The van der Waals surface area contributed by atoms with E-state index in [1.54, 1.807) is 0 Å². The van der Waals surface area contributed by atoms with E-state index in [0.717, 1.165) is 34.4 Å². The van der Waals surface area contributed by atoms with Crippen LogP contribution in [-0.4, -0.2) is 35.7 Å². The molecule has 0 aliphatic heterocycles. The molecule has 1 heterocycles. The molecular formula is C23H22N2O5S. The topological polar surface area (TPSA) is 120 Å². The van der Waals surface area contributed by atoms with Gasteiger partial charge in [0, 0.05) is 28.7 Å². The molecule has 2 aromatic carbocycles. The number of carbonyl (C=O) groups is 2. The monoisotopic (exact) mass is 438 g/mol. The SMILES string of the molecule is CNCC[C@@H](Oc1cccc2sc(C#N)cc12)c1ccccc1.O=C(O)C=CC(=O)O. The minimum Gasteiger partial charge on any atom is -0.485 e. The number of carboxylic acid groups (broad SMARTS) is 2. The summed E-state index contributed by atoms with van der Waals surface area (Å²) in [5.74, 6) is -1.68. The van der Waals surface area contributed by atoms with E-state index in [0.29, 0.717) is 17.0 Å². The van der Waals surface area contributed by atoms with Crippen molar-refractivity contribution in [2.45, 2.75) is 12.5 Å². The van der Waals surface area contributed by atoms with Gasteiger partial charge in [0.1, 0.15) is 22.8 Å². The molecule has 3 rings (SSSR count). The molecule has 160 valence electrons.